The number of rotatable bonds is 5. The van der Waals surface area contributed by atoms with Crippen molar-refractivity contribution in [3.8, 4) is 5.88 Å². The zero-order valence-electron chi connectivity index (χ0n) is 17.1. The van der Waals surface area contributed by atoms with E-state index in [1.165, 1.54) is 0 Å². The van der Waals surface area contributed by atoms with Gasteiger partial charge in [-0.15, -0.1) is 0 Å². The number of methoxy groups -OCH3 is 1. The summed E-state index contributed by atoms with van der Waals surface area (Å²) in [5.74, 6) is 1.83. The SMILES string of the molecule is COc1nc(N2CCC(N3CCC(N(C)C)CC3)C2=O)ccc1C1CNNC1. The topological polar surface area (TPSA) is 73.0 Å². The summed E-state index contributed by atoms with van der Waals surface area (Å²) >= 11 is 0. The van der Waals surface area contributed by atoms with E-state index in [0.29, 0.717) is 23.7 Å². The molecule has 1 aromatic rings. The monoisotopic (exact) mass is 388 g/mol. The maximum absolute atomic E-state index is 13.1. The summed E-state index contributed by atoms with van der Waals surface area (Å²) in [5.41, 5.74) is 7.37. The van der Waals surface area contributed by atoms with Crippen molar-refractivity contribution in [1.29, 1.82) is 0 Å². The van der Waals surface area contributed by atoms with Crippen LogP contribution in [0.5, 0.6) is 5.88 Å². The first kappa shape index (κ1) is 19.6. The predicted octanol–water partition coefficient (Wildman–Crippen LogP) is 0.413. The van der Waals surface area contributed by atoms with Crippen LogP contribution < -0.4 is 20.5 Å². The zero-order chi connectivity index (χ0) is 19.7. The van der Waals surface area contributed by atoms with Crippen LogP contribution >= 0.6 is 0 Å². The van der Waals surface area contributed by atoms with Crippen LogP contribution in [0.25, 0.3) is 0 Å². The van der Waals surface area contributed by atoms with E-state index in [9.17, 15) is 4.79 Å². The number of ether oxygens (including phenoxy) is 1. The highest BCUT2D eigenvalue weighted by Gasteiger charge is 2.39. The van der Waals surface area contributed by atoms with Gasteiger partial charge in [-0.3, -0.25) is 25.4 Å². The fraction of sp³-hybridized carbons (Fsp3) is 0.700. The summed E-state index contributed by atoms with van der Waals surface area (Å²) < 4.78 is 5.55. The van der Waals surface area contributed by atoms with Gasteiger partial charge in [0.2, 0.25) is 11.8 Å². The van der Waals surface area contributed by atoms with Crippen molar-refractivity contribution in [3.63, 3.8) is 0 Å². The zero-order valence-corrected chi connectivity index (χ0v) is 17.1. The molecule has 1 unspecified atom stereocenters. The third-order valence-corrected chi connectivity index (χ3v) is 6.45. The molecule has 28 heavy (non-hydrogen) atoms. The molecule has 0 aromatic carbocycles. The third kappa shape index (κ3) is 3.74. The van der Waals surface area contributed by atoms with Gasteiger partial charge in [0.05, 0.1) is 13.2 Å². The van der Waals surface area contributed by atoms with Crippen molar-refractivity contribution in [1.82, 2.24) is 25.6 Å². The highest BCUT2D eigenvalue weighted by Crippen LogP contribution is 2.31. The van der Waals surface area contributed by atoms with Crippen LogP contribution in [0.4, 0.5) is 5.82 Å². The number of pyridine rings is 1. The Hall–Kier alpha value is -1.74. The lowest BCUT2D eigenvalue weighted by atomic mass is 10.0. The molecule has 0 saturated carbocycles. The number of likely N-dealkylation sites (tertiary alicyclic amines) is 1. The molecular weight excluding hydrogens is 356 g/mol. The molecule has 1 atom stereocenters. The first-order valence-electron chi connectivity index (χ1n) is 10.3. The summed E-state index contributed by atoms with van der Waals surface area (Å²) in [5, 5.41) is 0. The maximum Gasteiger partial charge on any atom is 0.245 e. The fourth-order valence-corrected chi connectivity index (χ4v) is 4.69. The molecule has 8 heteroatoms. The van der Waals surface area contributed by atoms with Gasteiger partial charge in [0.1, 0.15) is 5.82 Å². The van der Waals surface area contributed by atoms with Crippen LogP contribution in [0, 0.1) is 0 Å². The van der Waals surface area contributed by atoms with Crippen LogP contribution in [-0.4, -0.2) is 86.7 Å². The molecule has 1 amide bonds. The first-order chi connectivity index (χ1) is 13.6. The van der Waals surface area contributed by atoms with E-state index in [1.807, 2.05) is 11.0 Å². The second-order valence-electron chi connectivity index (χ2n) is 8.25. The predicted molar refractivity (Wildman–Crippen MR) is 109 cm³/mol. The van der Waals surface area contributed by atoms with Crippen molar-refractivity contribution in [2.24, 2.45) is 0 Å². The fourth-order valence-electron chi connectivity index (χ4n) is 4.69. The Labute approximate surface area is 167 Å². The molecule has 3 aliphatic heterocycles. The Morgan fingerprint density at radius 2 is 1.82 bits per heavy atom. The van der Waals surface area contributed by atoms with Crippen molar-refractivity contribution in [3.05, 3.63) is 17.7 Å². The number of piperidine rings is 1. The minimum absolute atomic E-state index is 0.0150. The van der Waals surface area contributed by atoms with Gasteiger partial charge in [-0.2, -0.15) is 4.98 Å². The van der Waals surface area contributed by atoms with E-state index in [-0.39, 0.29) is 11.9 Å². The molecule has 0 aliphatic carbocycles. The molecule has 3 aliphatic rings. The molecule has 1 aromatic heterocycles. The molecule has 3 fully saturated rings. The molecule has 3 saturated heterocycles. The van der Waals surface area contributed by atoms with Crippen molar-refractivity contribution >= 4 is 11.7 Å². The summed E-state index contributed by atoms with van der Waals surface area (Å²) in [6.07, 6.45) is 3.12. The van der Waals surface area contributed by atoms with Gasteiger partial charge < -0.3 is 9.64 Å². The van der Waals surface area contributed by atoms with Crippen LogP contribution in [0.15, 0.2) is 12.1 Å². The van der Waals surface area contributed by atoms with Crippen molar-refractivity contribution < 1.29 is 9.53 Å². The lowest BCUT2D eigenvalue weighted by Crippen LogP contribution is -2.49. The normalized spacial score (nSPS) is 25.2. The van der Waals surface area contributed by atoms with Crippen molar-refractivity contribution in [2.45, 2.75) is 37.3 Å². The van der Waals surface area contributed by atoms with Gasteiger partial charge in [0.15, 0.2) is 0 Å². The van der Waals surface area contributed by atoms with Gasteiger partial charge in [0, 0.05) is 50.2 Å². The second kappa shape index (κ2) is 8.32. The average Bonchev–Trinajstić information content (AvgIpc) is 3.37. The molecular formula is C20H32N6O2. The summed E-state index contributed by atoms with van der Waals surface area (Å²) in [6, 6.07) is 4.64. The largest absolute Gasteiger partial charge is 0.481 e. The standard InChI is InChI=1S/C20H32N6O2/c1-24(2)15-6-9-25(10-7-15)17-8-11-26(20(17)27)18-5-4-16(19(23-18)28-3)14-12-21-22-13-14/h4-5,14-15,17,21-22H,6-13H2,1-3H3. The second-order valence-corrected chi connectivity index (χ2v) is 8.25. The Kier molecular flexibility index (Phi) is 5.82. The van der Waals surface area contributed by atoms with Crippen LogP contribution in [0.1, 0.15) is 30.7 Å². The van der Waals surface area contributed by atoms with Crippen LogP contribution in [0.2, 0.25) is 0 Å². The van der Waals surface area contributed by atoms with E-state index in [2.05, 4.69) is 45.8 Å². The summed E-state index contributed by atoms with van der Waals surface area (Å²) in [7, 11) is 5.93. The van der Waals surface area contributed by atoms with E-state index in [4.69, 9.17) is 4.74 Å². The molecule has 2 N–H and O–H groups in total. The van der Waals surface area contributed by atoms with Gasteiger partial charge in [-0.1, -0.05) is 0 Å². The highest BCUT2D eigenvalue weighted by molar-refractivity contribution is 5.98. The van der Waals surface area contributed by atoms with Crippen LogP contribution in [-0.2, 0) is 4.79 Å². The molecule has 4 heterocycles. The van der Waals surface area contributed by atoms with E-state index in [1.54, 1.807) is 7.11 Å². The number of hydrogen-bond donors (Lipinski definition) is 2. The molecule has 4 rings (SSSR count). The number of aromatic nitrogens is 1. The quantitative estimate of drug-likeness (QED) is 0.757. The molecule has 0 radical (unpaired) electrons. The van der Waals surface area contributed by atoms with Gasteiger partial charge in [-0.25, -0.2) is 0 Å². The minimum Gasteiger partial charge on any atom is -0.481 e. The van der Waals surface area contributed by atoms with Crippen molar-refractivity contribution in [2.75, 3.05) is 58.8 Å². The number of hydrogen-bond acceptors (Lipinski definition) is 7. The van der Waals surface area contributed by atoms with E-state index in [0.717, 1.165) is 57.5 Å². The number of anilines is 1. The molecule has 154 valence electrons. The Bertz CT molecular complexity index is 698. The van der Waals surface area contributed by atoms with E-state index >= 15 is 0 Å². The third-order valence-electron chi connectivity index (χ3n) is 6.45. The number of nitrogens with one attached hydrogen (secondary N) is 2. The number of hydrazine groups is 1. The average molecular weight is 389 g/mol. The number of carbonyl (C=O) groups is 1. The minimum atomic E-state index is -0.0150. The molecule has 0 spiro atoms. The molecule has 0 bridgehead atoms. The van der Waals surface area contributed by atoms with Gasteiger partial charge in [-0.05, 0) is 45.5 Å². The van der Waals surface area contributed by atoms with Gasteiger partial charge in [0.25, 0.3) is 0 Å². The number of carbonyl (C=O) groups excluding carboxylic acids is 1. The maximum atomic E-state index is 13.1. The molecule has 8 nitrogen and oxygen atoms in total. The Morgan fingerprint density at radius 3 is 2.46 bits per heavy atom. The lowest BCUT2D eigenvalue weighted by molar-refractivity contribution is -0.122. The Morgan fingerprint density at radius 1 is 1.11 bits per heavy atom. The highest BCUT2D eigenvalue weighted by atomic mass is 16.5. The Balaban J connectivity index is 1.45. The lowest BCUT2D eigenvalue weighted by Gasteiger charge is -2.37. The van der Waals surface area contributed by atoms with Crippen LogP contribution in [0.3, 0.4) is 0 Å². The number of amides is 1. The van der Waals surface area contributed by atoms with Gasteiger partial charge >= 0.3 is 0 Å². The number of nitrogens with zero attached hydrogens (tertiary/aromatic N) is 4. The summed E-state index contributed by atoms with van der Waals surface area (Å²) in [6.45, 7) is 4.41. The first-order valence-corrected chi connectivity index (χ1v) is 10.3. The van der Waals surface area contributed by atoms with E-state index < -0.39 is 0 Å². The smallest absolute Gasteiger partial charge is 0.245 e. The summed E-state index contributed by atoms with van der Waals surface area (Å²) in [4.78, 5) is 24.3.